The van der Waals surface area contributed by atoms with Crippen LogP contribution in [0.3, 0.4) is 0 Å². The van der Waals surface area contributed by atoms with E-state index in [2.05, 4.69) is 131 Å². The second kappa shape index (κ2) is 12.9. The topological polar surface area (TPSA) is 57.4 Å². The van der Waals surface area contributed by atoms with E-state index in [4.69, 9.17) is 9.97 Å². The molecule has 4 heteroatoms. The number of pyridine rings is 2. The van der Waals surface area contributed by atoms with Crippen molar-refractivity contribution in [3.8, 4) is 22.5 Å². The number of hydrogen-bond acceptors (Lipinski definition) is 2. The highest BCUT2D eigenvalue weighted by atomic mass is 14.8. The summed E-state index contributed by atoms with van der Waals surface area (Å²) < 4.78 is 0. The molecular weight excluding hydrogens is 585 g/mol. The number of aromatic nitrogens is 4. The minimum absolute atomic E-state index is 0.243. The van der Waals surface area contributed by atoms with Crippen molar-refractivity contribution >= 4 is 43.6 Å². The molecule has 0 aliphatic carbocycles. The van der Waals surface area contributed by atoms with Crippen LogP contribution in [0.1, 0.15) is 91.2 Å². The molecule has 48 heavy (non-hydrogen) atoms. The second-order valence-corrected chi connectivity index (χ2v) is 14.9. The zero-order valence-corrected chi connectivity index (χ0v) is 29.6. The quantitative estimate of drug-likeness (QED) is 0.131. The fourth-order valence-corrected chi connectivity index (χ4v) is 8.15. The Morgan fingerprint density at radius 3 is 1.79 bits per heavy atom. The molecule has 4 nitrogen and oxygen atoms in total. The van der Waals surface area contributed by atoms with Crippen LogP contribution >= 0.6 is 0 Å². The molecule has 0 aliphatic heterocycles. The molecule has 2 atom stereocenters. The SMILES string of the molecule is CCCC(C)(CC)Cc1cc(-c2ccc3ccc4ccc(-c5c(CC(C)(CC)CCC)ccc6cc[nH]c56)nc4c3n2)c2[nH]ccc2c1. The smallest absolute Gasteiger partial charge is 0.0972 e. The van der Waals surface area contributed by atoms with Gasteiger partial charge in [0, 0.05) is 45.1 Å². The van der Waals surface area contributed by atoms with Gasteiger partial charge in [-0.25, -0.2) is 9.97 Å². The van der Waals surface area contributed by atoms with Crippen LogP contribution < -0.4 is 0 Å². The minimum atomic E-state index is 0.243. The van der Waals surface area contributed by atoms with Crippen LogP contribution in [0.25, 0.3) is 66.1 Å². The van der Waals surface area contributed by atoms with Gasteiger partial charge in [-0.05, 0) is 84.0 Å². The number of benzene rings is 3. The number of nitrogens with one attached hydrogen (secondary N) is 2. The Morgan fingerprint density at radius 1 is 0.562 bits per heavy atom. The van der Waals surface area contributed by atoms with Crippen molar-refractivity contribution in [2.45, 2.75) is 92.9 Å². The molecule has 4 aromatic heterocycles. The standard InChI is InChI=1S/C44H50N4/c1-7-21-43(5,9-3)27-29-25-33-20-24-45-39(33)35(26-29)36-17-15-30-11-12-31-16-18-37(48-42(31)41(30)47-36)38-34(28-44(6,10-4)22-8-2)14-13-32-19-23-46-40(32)38/h11-20,23-26,45-46H,7-10,21-22,27-28H2,1-6H3. The predicted octanol–water partition coefficient (Wildman–Crippen LogP) is 12.6. The summed E-state index contributed by atoms with van der Waals surface area (Å²) in [4.78, 5) is 18.0. The number of rotatable bonds is 12. The maximum Gasteiger partial charge on any atom is 0.0972 e. The molecule has 2 unspecified atom stereocenters. The third-order valence-corrected chi connectivity index (χ3v) is 11.2. The van der Waals surface area contributed by atoms with Crippen molar-refractivity contribution in [2.24, 2.45) is 10.8 Å². The maximum absolute atomic E-state index is 5.46. The largest absolute Gasteiger partial charge is 0.361 e. The Balaban J connectivity index is 1.39. The lowest BCUT2D eigenvalue weighted by Crippen LogP contribution is -2.19. The first-order chi connectivity index (χ1) is 23.3. The van der Waals surface area contributed by atoms with E-state index in [1.54, 1.807) is 0 Å². The van der Waals surface area contributed by atoms with Crippen LogP contribution in [0.5, 0.6) is 0 Å². The minimum Gasteiger partial charge on any atom is -0.361 e. The van der Waals surface area contributed by atoms with Crippen molar-refractivity contribution < 1.29 is 0 Å². The third-order valence-electron chi connectivity index (χ3n) is 11.2. The van der Waals surface area contributed by atoms with E-state index in [0.717, 1.165) is 69.1 Å². The van der Waals surface area contributed by atoms with Gasteiger partial charge >= 0.3 is 0 Å². The van der Waals surface area contributed by atoms with E-state index < -0.39 is 0 Å². The van der Waals surface area contributed by atoms with Crippen molar-refractivity contribution in [3.63, 3.8) is 0 Å². The Bertz CT molecular complexity index is 2240. The fraction of sp³-hybridized carbons (Fsp3) is 0.364. The lowest BCUT2D eigenvalue weighted by atomic mass is 9.76. The van der Waals surface area contributed by atoms with E-state index in [-0.39, 0.29) is 10.8 Å². The summed E-state index contributed by atoms with van der Waals surface area (Å²) in [6.45, 7) is 14.1. The van der Waals surface area contributed by atoms with Gasteiger partial charge < -0.3 is 9.97 Å². The van der Waals surface area contributed by atoms with Gasteiger partial charge in [-0.3, -0.25) is 0 Å². The maximum atomic E-state index is 5.46. The van der Waals surface area contributed by atoms with E-state index in [0.29, 0.717) is 0 Å². The monoisotopic (exact) mass is 634 g/mol. The highest BCUT2D eigenvalue weighted by Gasteiger charge is 2.25. The Labute approximate surface area is 285 Å². The number of H-pyrrole nitrogens is 2. The van der Waals surface area contributed by atoms with E-state index in [1.165, 1.54) is 59.6 Å². The Morgan fingerprint density at radius 2 is 1.12 bits per heavy atom. The molecule has 0 saturated heterocycles. The summed E-state index contributed by atoms with van der Waals surface area (Å²) in [5.41, 5.74) is 11.8. The highest BCUT2D eigenvalue weighted by Crippen LogP contribution is 2.40. The zero-order chi connectivity index (χ0) is 33.5. The van der Waals surface area contributed by atoms with E-state index in [1.807, 2.05) is 6.20 Å². The Hall–Kier alpha value is -4.44. The number of hydrogen-bond donors (Lipinski definition) is 2. The van der Waals surface area contributed by atoms with Crippen LogP contribution in [-0.2, 0) is 12.8 Å². The summed E-state index contributed by atoms with van der Waals surface area (Å²) in [6, 6.07) is 26.9. The first-order valence-corrected chi connectivity index (χ1v) is 18.2. The lowest BCUT2D eigenvalue weighted by Gasteiger charge is -2.29. The van der Waals surface area contributed by atoms with Gasteiger partial charge in [0.15, 0.2) is 0 Å². The molecule has 0 bridgehead atoms. The van der Waals surface area contributed by atoms with Gasteiger partial charge in [0.1, 0.15) is 0 Å². The molecule has 4 heterocycles. The van der Waals surface area contributed by atoms with Gasteiger partial charge in [0.2, 0.25) is 0 Å². The van der Waals surface area contributed by atoms with Gasteiger partial charge in [-0.15, -0.1) is 0 Å². The van der Waals surface area contributed by atoms with Crippen LogP contribution in [0.4, 0.5) is 0 Å². The number of nitrogens with zero attached hydrogens (tertiary/aromatic N) is 2. The zero-order valence-electron chi connectivity index (χ0n) is 29.6. The molecule has 3 aromatic carbocycles. The molecule has 0 saturated carbocycles. The Kier molecular flexibility index (Phi) is 8.62. The van der Waals surface area contributed by atoms with E-state index in [9.17, 15) is 0 Å². The lowest BCUT2D eigenvalue weighted by molar-refractivity contribution is 0.279. The molecule has 2 N–H and O–H groups in total. The van der Waals surface area contributed by atoms with Gasteiger partial charge in [0.25, 0.3) is 0 Å². The van der Waals surface area contributed by atoms with Gasteiger partial charge in [0.05, 0.1) is 33.5 Å². The van der Waals surface area contributed by atoms with Crippen molar-refractivity contribution in [2.75, 3.05) is 0 Å². The predicted molar refractivity (Wildman–Crippen MR) is 206 cm³/mol. The first-order valence-electron chi connectivity index (χ1n) is 18.2. The van der Waals surface area contributed by atoms with Crippen LogP contribution in [0.2, 0.25) is 0 Å². The van der Waals surface area contributed by atoms with Gasteiger partial charge in [-0.1, -0.05) is 104 Å². The molecule has 0 fully saturated rings. The van der Waals surface area contributed by atoms with Crippen LogP contribution in [0.15, 0.2) is 85.2 Å². The first kappa shape index (κ1) is 32.1. The summed E-state index contributed by atoms with van der Waals surface area (Å²) >= 11 is 0. The fourth-order valence-electron chi connectivity index (χ4n) is 8.15. The molecule has 246 valence electrons. The summed E-state index contributed by atoms with van der Waals surface area (Å²) in [7, 11) is 0. The van der Waals surface area contributed by atoms with Gasteiger partial charge in [-0.2, -0.15) is 0 Å². The van der Waals surface area contributed by atoms with Crippen LogP contribution in [0, 0.1) is 10.8 Å². The molecule has 0 spiro atoms. The van der Waals surface area contributed by atoms with E-state index >= 15 is 0 Å². The summed E-state index contributed by atoms with van der Waals surface area (Å²) in [5, 5.41) is 4.68. The van der Waals surface area contributed by atoms with Crippen molar-refractivity contribution in [1.82, 2.24) is 19.9 Å². The normalized spacial score (nSPS) is 14.6. The molecule has 7 aromatic rings. The molecule has 0 amide bonds. The molecule has 0 aliphatic rings. The summed E-state index contributed by atoms with van der Waals surface area (Å²) in [6.07, 6.45) is 13.3. The third kappa shape index (κ3) is 5.91. The van der Waals surface area contributed by atoms with Crippen LogP contribution in [-0.4, -0.2) is 19.9 Å². The molecule has 7 rings (SSSR count). The summed E-state index contributed by atoms with van der Waals surface area (Å²) in [5.74, 6) is 0. The molecular formula is C44H50N4. The van der Waals surface area contributed by atoms with Crippen molar-refractivity contribution in [1.29, 1.82) is 0 Å². The number of fused-ring (bicyclic) bond motifs is 5. The van der Waals surface area contributed by atoms with Crippen molar-refractivity contribution in [3.05, 3.63) is 96.3 Å². The average Bonchev–Trinajstić information content (AvgIpc) is 3.77. The number of aromatic amines is 2. The highest BCUT2D eigenvalue weighted by molar-refractivity contribution is 6.06. The average molecular weight is 635 g/mol. The molecule has 0 radical (unpaired) electrons. The second-order valence-electron chi connectivity index (χ2n) is 14.9.